The van der Waals surface area contributed by atoms with Crippen molar-refractivity contribution in [3.63, 3.8) is 0 Å². The lowest BCUT2D eigenvalue weighted by Crippen LogP contribution is -2.30. The number of nitrogens with one attached hydrogen (secondary N) is 1. The van der Waals surface area contributed by atoms with Crippen LogP contribution in [0, 0.1) is 11.3 Å². The average Bonchev–Trinajstić information content (AvgIpc) is 2.95. The van der Waals surface area contributed by atoms with Crippen LogP contribution in [0.1, 0.15) is 16.7 Å². The van der Waals surface area contributed by atoms with E-state index < -0.39 is 6.03 Å². The molecule has 0 spiro atoms. The summed E-state index contributed by atoms with van der Waals surface area (Å²) in [5.41, 5.74) is 2.37. The maximum absolute atomic E-state index is 12.2. The summed E-state index contributed by atoms with van der Waals surface area (Å²) in [6.07, 6.45) is 3.11. The van der Waals surface area contributed by atoms with Gasteiger partial charge in [-0.2, -0.15) is 5.26 Å². The molecule has 134 valence electrons. The highest BCUT2D eigenvalue weighted by Gasteiger charge is 2.32. The third-order valence-corrected chi connectivity index (χ3v) is 4.00. The van der Waals surface area contributed by atoms with E-state index in [1.165, 1.54) is 6.08 Å². The molecule has 3 rings (SSSR count). The van der Waals surface area contributed by atoms with E-state index in [0.29, 0.717) is 11.3 Å². The molecule has 6 heteroatoms. The molecule has 1 aliphatic heterocycles. The second-order valence-corrected chi connectivity index (χ2v) is 5.82. The minimum atomic E-state index is -0.456. The van der Waals surface area contributed by atoms with E-state index in [2.05, 4.69) is 18.0 Å². The maximum atomic E-state index is 12.2. The van der Waals surface area contributed by atoms with Crippen LogP contribution in [0.25, 0.3) is 6.08 Å². The number of carbonyl (C=O) groups is 2. The van der Waals surface area contributed by atoms with Gasteiger partial charge in [-0.05, 0) is 29.8 Å². The van der Waals surface area contributed by atoms with Crippen molar-refractivity contribution in [2.45, 2.75) is 6.61 Å². The largest absolute Gasteiger partial charge is 0.489 e. The second-order valence-electron chi connectivity index (χ2n) is 5.82. The minimum Gasteiger partial charge on any atom is -0.489 e. The highest BCUT2D eigenvalue weighted by molar-refractivity contribution is 6.14. The molecule has 27 heavy (non-hydrogen) atoms. The summed E-state index contributed by atoms with van der Waals surface area (Å²) in [5, 5.41) is 11.7. The number of carbonyl (C=O) groups excluding carboxylic acids is 2. The van der Waals surface area contributed by atoms with Gasteiger partial charge < -0.3 is 10.1 Å². The first-order chi connectivity index (χ1) is 13.1. The summed E-state index contributed by atoms with van der Waals surface area (Å²) in [6.45, 7) is 3.99. The van der Waals surface area contributed by atoms with Crippen LogP contribution in [0.2, 0.25) is 0 Å². The Morgan fingerprint density at radius 2 is 1.89 bits per heavy atom. The molecular weight excluding hydrogens is 342 g/mol. The number of hydrogen-bond donors (Lipinski definition) is 1. The number of nitrogens with zero attached hydrogens (tertiary/aromatic N) is 2. The van der Waals surface area contributed by atoms with Gasteiger partial charge in [-0.1, -0.05) is 36.4 Å². The first-order valence-electron chi connectivity index (χ1n) is 8.28. The van der Waals surface area contributed by atoms with Crippen molar-refractivity contribution in [2.75, 3.05) is 6.54 Å². The number of imide groups is 1. The molecule has 1 fully saturated rings. The normalized spacial score (nSPS) is 14.8. The van der Waals surface area contributed by atoms with Gasteiger partial charge in [0.1, 0.15) is 18.1 Å². The highest BCUT2D eigenvalue weighted by Crippen LogP contribution is 2.19. The third kappa shape index (κ3) is 4.05. The zero-order valence-electron chi connectivity index (χ0n) is 14.5. The Hall–Kier alpha value is -3.85. The molecular formula is C21H17N3O3. The van der Waals surface area contributed by atoms with Crippen LogP contribution in [-0.4, -0.2) is 23.4 Å². The first-order valence-corrected chi connectivity index (χ1v) is 8.28. The molecule has 1 heterocycles. The molecule has 0 bridgehead atoms. The van der Waals surface area contributed by atoms with Gasteiger partial charge >= 0.3 is 6.03 Å². The number of amides is 3. The second kappa shape index (κ2) is 8.02. The van der Waals surface area contributed by atoms with Gasteiger partial charge in [-0.3, -0.25) is 9.69 Å². The SMILES string of the molecule is C=CCN1C(=O)N/C(=C/c2ccc(OCc3ccccc3C#N)cc2)C1=O. The Morgan fingerprint density at radius 3 is 2.59 bits per heavy atom. The van der Waals surface area contributed by atoms with Crippen LogP contribution >= 0.6 is 0 Å². The molecule has 0 aliphatic carbocycles. The highest BCUT2D eigenvalue weighted by atomic mass is 16.5. The van der Waals surface area contributed by atoms with Crippen molar-refractivity contribution in [1.29, 1.82) is 5.26 Å². The lowest BCUT2D eigenvalue weighted by molar-refractivity contribution is -0.122. The van der Waals surface area contributed by atoms with E-state index in [4.69, 9.17) is 10.00 Å². The smallest absolute Gasteiger partial charge is 0.329 e. The number of urea groups is 1. The Bertz CT molecular complexity index is 955. The maximum Gasteiger partial charge on any atom is 0.329 e. The van der Waals surface area contributed by atoms with Crippen LogP contribution < -0.4 is 10.1 Å². The molecule has 0 atom stereocenters. The van der Waals surface area contributed by atoms with Gasteiger partial charge in [0, 0.05) is 12.1 Å². The quantitative estimate of drug-likeness (QED) is 0.488. The topological polar surface area (TPSA) is 82.4 Å². The predicted molar refractivity (Wildman–Crippen MR) is 100 cm³/mol. The Balaban J connectivity index is 1.67. The van der Waals surface area contributed by atoms with E-state index in [9.17, 15) is 9.59 Å². The zero-order chi connectivity index (χ0) is 19.2. The zero-order valence-corrected chi connectivity index (χ0v) is 14.5. The molecule has 1 aliphatic rings. The van der Waals surface area contributed by atoms with E-state index >= 15 is 0 Å². The van der Waals surface area contributed by atoms with E-state index in [1.54, 1.807) is 36.4 Å². The van der Waals surface area contributed by atoms with Gasteiger partial charge in [0.05, 0.1) is 11.6 Å². The summed E-state index contributed by atoms with van der Waals surface area (Å²) in [5.74, 6) is 0.258. The number of hydrogen-bond acceptors (Lipinski definition) is 4. The third-order valence-electron chi connectivity index (χ3n) is 4.00. The van der Waals surface area contributed by atoms with E-state index in [0.717, 1.165) is 16.0 Å². The molecule has 6 nitrogen and oxygen atoms in total. The molecule has 0 radical (unpaired) electrons. The summed E-state index contributed by atoms with van der Waals surface area (Å²) in [4.78, 5) is 25.0. The standard InChI is InChI=1S/C21H17N3O3/c1-2-11-24-20(25)19(23-21(24)26)12-15-7-9-18(10-8-15)27-14-17-6-4-3-5-16(17)13-22/h2-10,12H,1,11,14H2,(H,23,26)/b19-12+. The van der Waals surface area contributed by atoms with Crippen LogP contribution in [-0.2, 0) is 11.4 Å². The Kier molecular flexibility index (Phi) is 5.33. The van der Waals surface area contributed by atoms with Crippen LogP contribution in [0.3, 0.4) is 0 Å². The molecule has 1 N–H and O–H groups in total. The van der Waals surface area contributed by atoms with Crippen molar-refractivity contribution in [3.8, 4) is 11.8 Å². The van der Waals surface area contributed by atoms with E-state index in [1.807, 2.05) is 18.2 Å². The number of ether oxygens (including phenoxy) is 1. The number of benzene rings is 2. The summed E-state index contributed by atoms with van der Waals surface area (Å²) in [6, 6.07) is 16.1. The fourth-order valence-electron chi connectivity index (χ4n) is 2.61. The predicted octanol–water partition coefficient (Wildman–Crippen LogP) is 3.22. The summed E-state index contributed by atoms with van der Waals surface area (Å²) in [7, 11) is 0. The van der Waals surface area contributed by atoms with Crippen molar-refractivity contribution < 1.29 is 14.3 Å². The van der Waals surface area contributed by atoms with E-state index in [-0.39, 0.29) is 24.8 Å². The van der Waals surface area contributed by atoms with Gasteiger partial charge in [-0.15, -0.1) is 6.58 Å². The Morgan fingerprint density at radius 1 is 1.15 bits per heavy atom. The molecule has 1 saturated heterocycles. The molecule has 0 saturated carbocycles. The minimum absolute atomic E-state index is 0.166. The molecule has 2 aromatic rings. The monoisotopic (exact) mass is 359 g/mol. The number of nitriles is 1. The first kappa shape index (κ1) is 18.0. The van der Waals surface area contributed by atoms with Gasteiger partial charge in [0.15, 0.2) is 0 Å². The van der Waals surface area contributed by atoms with Gasteiger partial charge in [0.25, 0.3) is 5.91 Å². The molecule has 0 aromatic heterocycles. The number of rotatable bonds is 6. The molecule has 0 unspecified atom stereocenters. The van der Waals surface area contributed by atoms with Crippen molar-refractivity contribution >= 4 is 18.0 Å². The van der Waals surface area contributed by atoms with Crippen molar-refractivity contribution in [3.05, 3.63) is 83.6 Å². The lowest BCUT2D eigenvalue weighted by atomic mass is 10.1. The van der Waals surface area contributed by atoms with Gasteiger partial charge in [-0.25, -0.2) is 4.79 Å². The summed E-state index contributed by atoms with van der Waals surface area (Å²) < 4.78 is 5.72. The fraction of sp³-hybridized carbons (Fsp3) is 0.0952. The molecule has 2 aromatic carbocycles. The van der Waals surface area contributed by atoms with Crippen LogP contribution in [0.15, 0.2) is 66.9 Å². The van der Waals surface area contributed by atoms with Crippen LogP contribution in [0.5, 0.6) is 5.75 Å². The van der Waals surface area contributed by atoms with Gasteiger partial charge in [0.2, 0.25) is 0 Å². The fourth-order valence-corrected chi connectivity index (χ4v) is 2.61. The summed E-state index contributed by atoms with van der Waals surface area (Å²) >= 11 is 0. The lowest BCUT2D eigenvalue weighted by Gasteiger charge is -2.08. The molecule has 3 amide bonds. The average molecular weight is 359 g/mol. The van der Waals surface area contributed by atoms with Crippen molar-refractivity contribution in [1.82, 2.24) is 10.2 Å². The van der Waals surface area contributed by atoms with Crippen LogP contribution in [0.4, 0.5) is 4.79 Å². The van der Waals surface area contributed by atoms with Crippen molar-refractivity contribution in [2.24, 2.45) is 0 Å². The Labute approximate surface area is 157 Å².